The summed E-state index contributed by atoms with van der Waals surface area (Å²) in [6, 6.07) is 0.278. The lowest BCUT2D eigenvalue weighted by atomic mass is 10.2. The van der Waals surface area contributed by atoms with Gasteiger partial charge in [-0.25, -0.2) is 0 Å². The molecule has 0 aromatic rings. The van der Waals surface area contributed by atoms with E-state index in [0.29, 0.717) is 25.0 Å². The highest BCUT2D eigenvalue weighted by Gasteiger charge is 2.32. The molecule has 2 aliphatic rings. The van der Waals surface area contributed by atoms with E-state index < -0.39 is 10.2 Å². The summed E-state index contributed by atoms with van der Waals surface area (Å²) in [5.41, 5.74) is 0. The van der Waals surface area contributed by atoms with Crippen LogP contribution in [0.3, 0.4) is 0 Å². The maximum atomic E-state index is 12.3. The molecular formula is C12H25N3O2S. The Kier molecular flexibility index (Phi) is 4.64. The summed E-state index contributed by atoms with van der Waals surface area (Å²) in [4.78, 5) is 0. The summed E-state index contributed by atoms with van der Waals surface area (Å²) in [6.45, 7) is 6.03. The van der Waals surface area contributed by atoms with Crippen molar-refractivity contribution in [2.45, 2.75) is 51.6 Å². The van der Waals surface area contributed by atoms with Crippen molar-refractivity contribution in [3.05, 3.63) is 0 Å². The fourth-order valence-corrected chi connectivity index (χ4v) is 3.92. The molecule has 106 valence electrons. The van der Waals surface area contributed by atoms with Crippen LogP contribution in [0.5, 0.6) is 0 Å². The molecule has 1 heterocycles. The predicted molar refractivity (Wildman–Crippen MR) is 72.5 cm³/mol. The third-order valence-electron chi connectivity index (χ3n) is 3.47. The van der Waals surface area contributed by atoms with Gasteiger partial charge in [-0.2, -0.15) is 17.4 Å². The molecule has 0 aromatic carbocycles. The SMILES string of the molecule is CC(C)NS(=O)(=O)N(CC1CC1)CC1CCCN1. The summed E-state index contributed by atoms with van der Waals surface area (Å²) in [5.74, 6) is 0.579. The smallest absolute Gasteiger partial charge is 0.279 e. The molecule has 1 aliphatic heterocycles. The molecule has 5 nitrogen and oxygen atoms in total. The van der Waals surface area contributed by atoms with Gasteiger partial charge in [-0.05, 0) is 52.0 Å². The molecule has 18 heavy (non-hydrogen) atoms. The third kappa shape index (κ3) is 4.19. The lowest BCUT2D eigenvalue weighted by molar-refractivity contribution is 0.351. The Morgan fingerprint density at radius 2 is 2.00 bits per heavy atom. The minimum atomic E-state index is -3.32. The van der Waals surface area contributed by atoms with Crippen LogP contribution in [0.4, 0.5) is 0 Å². The van der Waals surface area contributed by atoms with E-state index in [1.165, 1.54) is 12.8 Å². The zero-order valence-corrected chi connectivity index (χ0v) is 12.2. The van der Waals surface area contributed by atoms with Gasteiger partial charge in [0.1, 0.15) is 0 Å². The van der Waals surface area contributed by atoms with Gasteiger partial charge < -0.3 is 5.32 Å². The van der Waals surface area contributed by atoms with Gasteiger partial charge in [-0.15, -0.1) is 0 Å². The molecule has 1 unspecified atom stereocenters. The van der Waals surface area contributed by atoms with Crippen molar-refractivity contribution in [1.29, 1.82) is 0 Å². The van der Waals surface area contributed by atoms with Crippen molar-refractivity contribution < 1.29 is 8.42 Å². The zero-order valence-electron chi connectivity index (χ0n) is 11.4. The highest BCUT2D eigenvalue weighted by Crippen LogP contribution is 2.30. The quantitative estimate of drug-likeness (QED) is 0.719. The zero-order chi connectivity index (χ0) is 13.2. The molecule has 0 amide bonds. The molecule has 2 fully saturated rings. The number of nitrogens with zero attached hydrogens (tertiary/aromatic N) is 1. The third-order valence-corrected chi connectivity index (χ3v) is 5.22. The second-order valence-electron chi connectivity index (χ2n) is 5.83. The van der Waals surface area contributed by atoms with Crippen molar-refractivity contribution in [3.8, 4) is 0 Å². The number of nitrogens with one attached hydrogen (secondary N) is 2. The summed E-state index contributed by atoms with van der Waals surface area (Å²) >= 11 is 0. The van der Waals surface area contributed by atoms with Crippen molar-refractivity contribution >= 4 is 10.2 Å². The fourth-order valence-electron chi connectivity index (χ4n) is 2.39. The molecule has 1 atom stereocenters. The summed E-state index contributed by atoms with van der Waals surface area (Å²) in [5, 5.41) is 3.37. The Hall–Kier alpha value is -0.170. The molecule has 1 saturated carbocycles. The van der Waals surface area contributed by atoms with Crippen LogP contribution in [0.1, 0.15) is 39.5 Å². The summed E-state index contributed by atoms with van der Waals surface area (Å²) < 4.78 is 28.9. The van der Waals surface area contributed by atoms with Crippen LogP contribution >= 0.6 is 0 Å². The molecule has 0 spiro atoms. The molecule has 0 bridgehead atoms. The van der Waals surface area contributed by atoms with Gasteiger partial charge in [0.25, 0.3) is 10.2 Å². The summed E-state index contributed by atoms with van der Waals surface area (Å²) in [6.07, 6.45) is 4.58. The van der Waals surface area contributed by atoms with Crippen LogP contribution in [0.2, 0.25) is 0 Å². The normalized spacial score (nSPS) is 25.2. The van der Waals surface area contributed by atoms with E-state index in [1.807, 2.05) is 13.8 Å². The maximum Gasteiger partial charge on any atom is 0.279 e. The van der Waals surface area contributed by atoms with Gasteiger partial charge in [0.05, 0.1) is 0 Å². The van der Waals surface area contributed by atoms with Crippen molar-refractivity contribution in [2.24, 2.45) is 5.92 Å². The van der Waals surface area contributed by atoms with E-state index in [0.717, 1.165) is 19.4 Å². The largest absolute Gasteiger partial charge is 0.313 e. The fraction of sp³-hybridized carbons (Fsp3) is 1.00. The molecule has 2 rings (SSSR count). The molecule has 2 N–H and O–H groups in total. The molecule has 1 aliphatic carbocycles. The van der Waals surface area contributed by atoms with Crippen molar-refractivity contribution in [3.63, 3.8) is 0 Å². The standard InChI is InChI=1S/C12H25N3O2S/c1-10(2)14-18(16,17)15(8-11-5-6-11)9-12-4-3-7-13-12/h10-14H,3-9H2,1-2H3. The second-order valence-corrected chi connectivity index (χ2v) is 7.53. The highest BCUT2D eigenvalue weighted by atomic mass is 32.2. The first-order valence-corrected chi connectivity index (χ1v) is 8.42. The van der Waals surface area contributed by atoms with Gasteiger partial charge in [0.15, 0.2) is 0 Å². The van der Waals surface area contributed by atoms with Crippen molar-refractivity contribution in [1.82, 2.24) is 14.3 Å². The number of hydrogen-bond donors (Lipinski definition) is 2. The molecule has 0 aromatic heterocycles. The van der Waals surface area contributed by atoms with Crippen LogP contribution in [0.15, 0.2) is 0 Å². The van der Waals surface area contributed by atoms with Crippen LogP contribution in [0, 0.1) is 5.92 Å². The molecule has 1 saturated heterocycles. The minimum absolute atomic E-state index is 0.0479. The first-order chi connectivity index (χ1) is 8.47. The number of rotatable bonds is 7. The highest BCUT2D eigenvalue weighted by molar-refractivity contribution is 7.87. The Morgan fingerprint density at radius 1 is 1.28 bits per heavy atom. The first-order valence-electron chi connectivity index (χ1n) is 6.98. The maximum absolute atomic E-state index is 12.3. The van der Waals surface area contributed by atoms with Gasteiger partial charge in [-0.1, -0.05) is 0 Å². The van der Waals surface area contributed by atoms with Gasteiger partial charge >= 0.3 is 0 Å². The van der Waals surface area contributed by atoms with Crippen molar-refractivity contribution in [2.75, 3.05) is 19.6 Å². The van der Waals surface area contributed by atoms with Crippen LogP contribution in [0.25, 0.3) is 0 Å². The monoisotopic (exact) mass is 275 g/mol. The topological polar surface area (TPSA) is 61.4 Å². The summed E-state index contributed by atoms with van der Waals surface area (Å²) in [7, 11) is -3.32. The minimum Gasteiger partial charge on any atom is -0.313 e. The Bertz CT molecular complexity index is 360. The molecule has 6 heteroatoms. The average molecular weight is 275 g/mol. The van der Waals surface area contributed by atoms with Crippen LogP contribution in [-0.2, 0) is 10.2 Å². The Balaban J connectivity index is 1.97. The Labute approximate surface area is 110 Å². The van der Waals surface area contributed by atoms with Gasteiger partial charge in [-0.3, -0.25) is 0 Å². The average Bonchev–Trinajstić information content (AvgIpc) is 2.90. The van der Waals surface area contributed by atoms with E-state index in [-0.39, 0.29) is 6.04 Å². The van der Waals surface area contributed by atoms with E-state index in [9.17, 15) is 8.42 Å². The molecule has 0 radical (unpaired) electrons. The second kappa shape index (κ2) is 5.86. The predicted octanol–water partition coefficient (Wildman–Crippen LogP) is 0.693. The molecular weight excluding hydrogens is 250 g/mol. The number of hydrogen-bond acceptors (Lipinski definition) is 3. The van der Waals surface area contributed by atoms with Gasteiger partial charge in [0, 0.05) is 25.2 Å². The van der Waals surface area contributed by atoms with E-state index in [2.05, 4.69) is 10.0 Å². The van der Waals surface area contributed by atoms with E-state index >= 15 is 0 Å². The van der Waals surface area contributed by atoms with Gasteiger partial charge in [0.2, 0.25) is 0 Å². The van der Waals surface area contributed by atoms with E-state index in [4.69, 9.17) is 0 Å². The lowest BCUT2D eigenvalue weighted by Gasteiger charge is -2.26. The van der Waals surface area contributed by atoms with Crippen LogP contribution < -0.4 is 10.0 Å². The Morgan fingerprint density at radius 3 is 2.50 bits per heavy atom. The first kappa shape index (κ1) is 14.2. The van der Waals surface area contributed by atoms with E-state index in [1.54, 1.807) is 4.31 Å². The lowest BCUT2D eigenvalue weighted by Crippen LogP contribution is -2.48. The van der Waals surface area contributed by atoms with Crippen LogP contribution in [-0.4, -0.2) is 44.4 Å².